The van der Waals surface area contributed by atoms with Crippen LogP contribution in [0.3, 0.4) is 0 Å². The average molecular weight is 898 g/mol. The third-order valence-electron chi connectivity index (χ3n) is 13.4. The molecule has 1 saturated heterocycles. The van der Waals surface area contributed by atoms with Crippen LogP contribution in [0.25, 0.3) is 33.0 Å². The number of likely N-dealkylation sites (N-methyl/N-ethyl adjacent to an activating group) is 1. The number of ether oxygens (including phenoxy) is 5. The number of phenols is 1. The predicted molar refractivity (Wildman–Crippen MR) is 243 cm³/mol. The first kappa shape index (κ1) is 47.2. The molecular weight excluding hydrogens is 839 g/mol. The number of rotatable bonds is 5. The SMILES string of the molecule is CO[C@H]1/C=C/O[C@@]2(C)Oc3c(C)c(=O)c4c(O)c(c5oc6cc(OCC7CCCN7C)ccc6nc5c4c3C2=O)NC(=O)/C(C)=C\C=C\[C@H](C)[C@H](O)[C@@H](C)[C@@H](O)[C@@H](C)[C@H](OC(C)=O)[C@@H]1C. The van der Waals surface area contributed by atoms with Crippen molar-refractivity contribution in [2.45, 2.75) is 104 Å². The summed E-state index contributed by atoms with van der Waals surface area (Å²) in [5.74, 6) is -6.73. The molecule has 7 rings (SSSR count). The van der Waals surface area contributed by atoms with Crippen LogP contribution in [0.15, 0.2) is 63.6 Å². The van der Waals surface area contributed by atoms with Crippen LogP contribution in [0.2, 0.25) is 0 Å². The van der Waals surface area contributed by atoms with Crippen LogP contribution in [0.1, 0.15) is 77.2 Å². The number of phenolic OH excluding ortho intramolecular Hbond substituents is 1. The van der Waals surface area contributed by atoms with Crippen LogP contribution < -0.4 is 20.2 Å². The van der Waals surface area contributed by atoms with E-state index in [1.165, 1.54) is 46.3 Å². The maximum absolute atomic E-state index is 14.7. The van der Waals surface area contributed by atoms with Gasteiger partial charge in [-0.15, -0.1) is 0 Å². The largest absolute Gasteiger partial charge is 0.505 e. The quantitative estimate of drug-likeness (QED) is 0.0731. The van der Waals surface area contributed by atoms with Crippen molar-refractivity contribution in [3.05, 3.63) is 75.7 Å². The van der Waals surface area contributed by atoms with E-state index in [-0.39, 0.29) is 61.6 Å². The normalized spacial score (nSPS) is 31.1. The van der Waals surface area contributed by atoms with E-state index >= 15 is 0 Å². The summed E-state index contributed by atoms with van der Waals surface area (Å²) in [6, 6.07) is 5.33. The van der Waals surface area contributed by atoms with Gasteiger partial charge in [-0.25, -0.2) is 4.98 Å². The summed E-state index contributed by atoms with van der Waals surface area (Å²) in [6.07, 6.45) is 5.71. The number of Topliss-reactive ketones (excluding diaryl/α,β-unsaturated/α-hetero) is 1. The summed E-state index contributed by atoms with van der Waals surface area (Å²) in [5, 5.41) is 37.5. The van der Waals surface area contributed by atoms with Gasteiger partial charge in [-0.1, -0.05) is 45.9 Å². The fourth-order valence-corrected chi connectivity index (χ4v) is 9.26. The average Bonchev–Trinajstić information content (AvgIpc) is 3.81. The summed E-state index contributed by atoms with van der Waals surface area (Å²) in [4.78, 5) is 62.6. The number of ketones is 1. The molecule has 0 saturated carbocycles. The molecule has 16 nitrogen and oxygen atoms in total. The molecule has 4 heterocycles. The number of nitrogens with zero attached hydrogens (tertiary/aromatic N) is 2. The van der Waals surface area contributed by atoms with Gasteiger partial charge in [-0.3, -0.25) is 19.2 Å². The van der Waals surface area contributed by atoms with Gasteiger partial charge in [0.05, 0.1) is 35.5 Å². The van der Waals surface area contributed by atoms with Crippen molar-refractivity contribution in [2.75, 3.05) is 32.6 Å². The second-order valence-electron chi connectivity index (χ2n) is 17.9. The minimum Gasteiger partial charge on any atom is -0.505 e. The van der Waals surface area contributed by atoms with Crippen LogP contribution >= 0.6 is 0 Å². The number of likely N-dealkylation sites (tertiary alicyclic amines) is 1. The van der Waals surface area contributed by atoms with Gasteiger partial charge in [0.1, 0.15) is 40.9 Å². The Morgan fingerprint density at radius 1 is 1.03 bits per heavy atom. The van der Waals surface area contributed by atoms with Crippen molar-refractivity contribution in [1.29, 1.82) is 0 Å². The summed E-state index contributed by atoms with van der Waals surface area (Å²) in [7, 11) is 3.50. The number of fused-ring (bicyclic) bond motifs is 2. The Morgan fingerprint density at radius 2 is 1.77 bits per heavy atom. The lowest BCUT2D eigenvalue weighted by atomic mass is 9.78. The molecule has 1 aromatic heterocycles. The third-order valence-corrected chi connectivity index (χ3v) is 13.4. The van der Waals surface area contributed by atoms with E-state index < -0.39 is 82.7 Å². The van der Waals surface area contributed by atoms with E-state index in [2.05, 4.69) is 17.3 Å². The molecule has 3 aromatic carbocycles. The lowest BCUT2D eigenvalue weighted by molar-refractivity contribution is -0.160. The highest BCUT2D eigenvalue weighted by Gasteiger charge is 2.49. The molecule has 16 heteroatoms. The number of carbonyl (C=O) groups excluding carboxylic acids is 3. The molecule has 0 radical (unpaired) electrons. The number of nitrogens with one attached hydrogen (secondary N) is 1. The van der Waals surface area contributed by atoms with E-state index in [9.17, 15) is 34.5 Å². The summed E-state index contributed by atoms with van der Waals surface area (Å²) < 4.78 is 36.6. The maximum atomic E-state index is 14.7. The number of esters is 1. The lowest BCUT2D eigenvalue weighted by Gasteiger charge is -2.38. The van der Waals surface area contributed by atoms with Crippen molar-refractivity contribution in [1.82, 2.24) is 9.88 Å². The molecule has 3 aliphatic rings. The first-order valence-corrected chi connectivity index (χ1v) is 22.0. The Bertz CT molecular complexity index is 2690. The Morgan fingerprint density at radius 3 is 2.45 bits per heavy atom. The summed E-state index contributed by atoms with van der Waals surface area (Å²) in [6.45, 7) is 14.0. The number of benzene rings is 3. The number of aromatic hydroxyl groups is 1. The van der Waals surface area contributed by atoms with Crippen LogP contribution in [-0.2, 0) is 23.8 Å². The minimum atomic E-state index is -2.04. The number of methoxy groups -OCH3 is 1. The zero-order valence-electron chi connectivity index (χ0n) is 38.5. The number of carbonyl (C=O) groups is 3. The predicted octanol–water partition coefficient (Wildman–Crippen LogP) is 6.47. The standard InChI is InChI=1S/C49H59N3O13/c1-23-13-11-14-24(2)48(59)51-39-43(57)36-35(38-46(39)64-34-21-31(16-17-32(34)50-38)61-22-30-15-12-19-52(30)9)37-45(28(6)42(36)56)65-49(8,47(37)58)62-20-18-33(60-10)25(3)44(63-29(7)53)27(5)41(55)26(4)40(23)54/h11,13-14,16-18,20-21,23,25-27,30,33,40-41,44,54-55,57H,12,15,19,22H2,1-10H3,(H,51,59)/b13-11+,20-18+,24-14-/t23-,25+,26+,27+,30?,33-,40-,41+,44+,49-/m0/s1. The lowest BCUT2D eigenvalue weighted by Crippen LogP contribution is -2.46. The Labute approximate surface area is 376 Å². The molecule has 0 aliphatic carbocycles. The molecule has 1 amide bonds. The summed E-state index contributed by atoms with van der Waals surface area (Å²) in [5.41, 5.74) is -0.446. The highest BCUT2D eigenvalue weighted by Crippen LogP contribution is 2.48. The topological polar surface area (TPSA) is 216 Å². The number of aliphatic hydroxyl groups is 2. The zero-order valence-corrected chi connectivity index (χ0v) is 38.5. The van der Waals surface area contributed by atoms with Crippen LogP contribution in [0, 0.1) is 30.6 Å². The van der Waals surface area contributed by atoms with Gasteiger partial charge in [-0.2, -0.15) is 0 Å². The number of aliphatic hydroxyl groups excluding tert-OH is 2. The molecule has 1 unspecified atom stereocenters. The van der Waals surface area contributed by atoms with Crippen molar-refractivity contribution in [3.63, 3.8) is 0 Å². The molecule has 4 aromatic rings. The van der Waals surface area contributed by atoms with Crippen molar-refractivity contribution < 1.29 is 57.8 Å². The van der Waals surface area contributed by atoms with Crippen LogP contribution in [0.5, 0.6) is 17.2 Å². The monoisotopic (exact) mass is 897 g/mol. The fraction of sp³-hybridized carbons (Fsp3) is 0.490. The Balaban J connectivity index is 1.41. The van der Waals surface area contributed by atoms with E-state index in [4.69, 9.17) is 33.1 Å². The zero-order chi connectivity index (χ0) is 47.2. The number of hydrogen-bond acceptors (Lipinski definition) is 15. The minimum absolute atomic E-state index is 0.00561. The first-order chi connectivity index (χ1) is 30.8. The van der Waals surface area contributed by atoms with Gasteiger partial charge in [0.25, 0.3) is 11.7 Å². The molecule has 4 bridgehead atoms. The van der Waals surface area contributed by atoms with Gasteiger partial charge in [-0.05, 0) is 58.5 Å². The van der Waals surface area contributed by atoms with E-state index in [1.807, 2.05) is 0 Å². The third kappa shape index (κ3) is 8.84. The van der Waals surface area contributed by atoms with E-state index in [0.717, 1.165) is 19.4 Å². The van der Waals surface area contributed by atoms with Gasteiger partial charge in [0.15, 0.2) is 22.3 Å². The number of anilines is 1. The first-order valence-electron chi connectivity index (χ1n) is 22.0. The number of hydrogen-bond donors (Lipinski definition) is 4. The van der Waals surface area contributed by atoms with Crippen molar-refractivity contribution in [2.24, 2.45) is 23.7 Å². The molecule has 348 valence electrons. The van der Waals surface area contributed by atoms with Gasteiger partial charge in [0, 0.05) is 73.3 Å². The highest BCUT2D eigenvalue weighted by atomic mass is 16.7. The Hall–Kier alpha value is -5.81. The van der Waals surface area contributed by atoms with E-state index in [1.54, 1.807) is 65.0 Å². The number of amides is 1. The smallest absolute Gasteiger partial charge is 0.312 e. The number of aromatic nitrogens is 1. The number of allylic oxidation sites excluding steroid dienone is 2. The van der Waals surface area contributed by atoms with Crippen LogP contribution in [-0.4, -0.2) is 106 Å². The second-order valence-corrected chi connectivity index (χ2v) is 17.9. The van der Waals surface area contributed by atoms with Crippen molar-refractivity contribution in [3.8, 4) is 17.2 Å². The van der Waals surface area contributed by atoms with Crippen molar-refractivity contribution >= 4 is 56.3 Å². The molecule has 4 N–H and O–H groups in total. The molecule has 65 heavy (non-hydrogen) atoms. The molecule has 3 aliphatic heterocycles. The van der Waals surface area contributed by atoms with Gasteiger partial charge < -0.3 is 53.6 Å². The highest BCUT2D eigenvalue weighted by molar-refractivity contribution is 6.26. The van der Waals surface area contributed by atoms with Gasteiger partial charge >= 0.3 is 11.8 Å². The fourth-order valence-electron chi connectivity index (χ4n) is 9.26. The van der Waals surface area contributed by atoms with Gasteiger partial charge in [0.2, 0.25) is 0 Å². The second kappa shape index (κ2) is 18.6. The van der Waals surface area contributed by atoms with Crippen LogP contribution in [0.4, 0.5) is 5.69 Å². The summed E-state index contributed by atoms with van der Waals surface area (Å²) >= 11 is 0. The molecule has 0 spiro atoms. The molecular formula is C49H59N3O13. The van der Waals surface area contributed by atoms with E-state index in [0.29, 0.717) is 17.9 Å². The molecule has 1 fully saturated rings. The maximum Gasteiger partial charge on any atom is 0.312 e. The molecule has 10 atom stereocenters. The Kier molecular flexibility index (Phi) is 13.5.